The second kappa shape index (κ2) is 11.5. The van der Waals surface area contributed by atoms with Crippen molar-refractivity contribution in [3.05, 3.63) is 112 Å². The quantitative estimate of drug-likeness (QED) is 0.346. The van der Waals surface area contributed by atoms with Gasteiger partial charge >= 0.3 is 17.6 Å². The molecule has 0 radical (unpaired) electrons. The summed E-state index contributed by atoms with van der Waals surface area (Å²) >= 11 is 0. The minimum atomic E-state index is -0.859. The SMILES string of the molecule is Cc1ccc(C(=O)OC[C@H]2O[C@H](n3cc(-c4ccccn4)c(N)nc3=O)C[C@@H]2OC(=O)c2ccc(C)cc2)cc1. The molecule has 1 fully saturated rings. The lowest BCUT2D eigenvalue weighted by Crippen LogP contribution is -2.32. The Kier molecular flexibility index (Phi) is 7.70. The molecule has 2 N–H and O–H groups in total. The lowest BCUT2D eigenvalue weighted by atomic mass is 10.1. The van der Waals surface area contributed by atoms with Gasteiger partial charge in [0.2, 0.25) is 0 Å². The summed E-state index contributed by atoms with van der Waals surface area (Å²) in [7, 11) is 0. The normalized spacial score (nSPS) is 18.3. The Morgan fingerprint density at radius 1 is 0.975 bits per heavy atom. The highest BCUT2D eigenvalue weighted by atomic mass is 16.6. The number of ether oxygens (including phenoxy) is 3. The molecule has 0 amide bonds. The Balaban J connectivity index is 1.39. The number of carbonyl (C=O) groups excluding carboxylic acids is 2. The van der Waals surface area contributed by atoms with Crippen molar-refractivity contribution in [1.29, 1.82) is 0 Å². The molecule has 204 valence electrons. The molecule has 3 atom stereocenters. The summed E-state index contributed by atoms with van der Waals surface area (Å²) in [5, 5.41) is 0. The average Bonchev–Trinajstić information content (AvgIpc) is 3.35. The number of nitrogens with two attached hydrogens (primary N) is 1. The highest BCUT2D eigenvalue weighted by Crippen LogP contribution is 2.32. The molecule has 1 aliphatic heterocycles. The van der Waals surface area contributed by atoms with Crippen LogP contribution in [0.3, 0.4) is 0 Å². The fraction of sp³-hybridized carbons (Fsp3) is 0.233. The van der Waals surface area contributed by atoms with Crippen LogP contribution in [0.5, 0.6) is 0 Å². The van der Waals surface area contributed by atoms with Gasteiger partial charge in [0.05, 0.1) is 22.4 Å². The van der Waals surface area contributed by atoms with Gasteiger partial charge in [-0.05, 0) is 50.2 Å². The van der Waals surface area contributed by atoms with Crippen LogP contribution in [-0.2, 0) is 14.2 Å². The summed E-state index contributed by atoms with van der Waals surface area (Å²) in [4.78, 5) is 46.7. The van der Waals surface area contributed by atoms with E-state index in [2.05, 4.69) is 9.97 Å². The minimum Gasteiger partial charge on any atom is -0.459 e. The summed E-state index contributed by atoms with van der Waals surface area (Å²) in [6.45, 7) is 3.64. The van der Waals surface area contributed by atoms with Crippen LogP contribution in [0.4, 0.5) is 5.82 Å². The molecule has 3 heterocycles. The zero-order chi connectivity index (χ0) is 28.2. The van der Waals surface area contributed by atoms with E-state index in [1.807, 2.05) is 38.1 Å². The largest absolute Gasteiger partial charge is 0.459 e. The molecule has 0 unspecified atom stereocenters. The summed E-state index contributed by atoms with van der Waals surface area (Å²) in [5.41, 5.74) is 9.14. The van der Waals surface area contributed by atoms with Crippen molar-refractivity contribution >= 4 is 17.8 Å². The van der Waals surface area contributed by atoms with Crippen LogP contribution in [0, 0.1) is 13.8 Å². The van der Waals surface area contributed by atoms with Gasteiger partial charge in [0.1, 0.15) is 30.9 Å². The smallest absolute Gasteiger partial charge is 0.351 e. The van der Waals surface area contributed by atoms with Gasteiger partial charge in [-0.15, -0.1) is 0 Å². The van der Waals surface area contributed by atoms with Crippen molar-refractivity contribution in [3.8, 4) is 11.3 Å². The Hall–Kier alpha value is -4.83. The number of benzene rings is 2. The number of pyridine rings is 1. The maximum atomic E-state index is 13.0. The van der Waals surface area contributed by atoms with E-state index < -0.39 is 36.1 Å². The molecule has 0 aliphatic carbocycles. The summed E-state index contributed by atoms with van der Waals surface area (Å²) < 4.78 is 18.8. The number of nitrogen functional groups attached to an aromatic ring is 1. The van der Waals surface area contributed by atoms with Crippen LogP contribution < -0.4 is 11.4 Å². The van der Waals surface area contributed by atoms with E-state index in [1.165, 1.54) is 10.8 Å². The predicted molar refractivity (Wildman–Crippen MR) is 147 cm³/mol. The van der Waals surface area contributed by atoms with E-state index in [9.17, 15) is 14.4 Å². The number of esters is 2. The van der Waals surface area contributed by atoms with Crippen molar-refractivity contribution in [1.82, 2.24) is 14.5 Å². The van der Waals surface area contributed by atoms with Crippen molar-refractivity contribution < 1.29 is 23.8 Å². The van der Waals surface area contributed by atoms with Crippen LogP contribution in [0.15, 0.2) is 83.9 Å². The third-order valence-electron chi connectivity index (χ3n) is 6.62. The first-order valence-corrected chi connectivity index (χ1v) is 12.8. The molecule has 2 aromatic carbocycles. The number of anilines is 1. The second-order valence-corrected chi connectivity index (χ2v) is 9.58. The lowest BCUT2D eigenvalue weighted by Gasteiger charge is -2.19. The molecule has 0 saturated carbocycles. The van der Waals surface area contributed by atoms with E-state index in [1.54, 1.807) is 48.7 Å². The lowest BCUT2D eigenvalue weighted by molar-refractivity contribution is -0.0581. The van der Waals surface area contributed by atoms with Crippen molar-refractivity contribution in [2.24, 2.45) is 0 Å². The van der Waals surface area contributed by atoms with Crippen LogP contribution in [0.25, 0.3) is 11.3 Å². The molecule has 1 saturated heterocycles. The Labute approximate surface area is 230 Å². The number of aromatic nitrogens is 3. The monoisotopic (exact) mass is 540 g/mol. The number of rotatable bonds is 7. The zero-order valence-electron chi connectivity index (χ0n) is 22.0. The summed E-state index contributed by atoms with van der Waals surface area (Å²) in [6.07, 6.45) is 0.746. The molecule has 10 nitrogen and oxygen atoms in total. The van der Waals surface area contributed by atoms with E-state index in [4.69, 9.17) is 19.9 Å². The number of carbonyl (C=O) groups is 2. The third-order valence-corrected chi connectivity index (χ3v) is 6.62. The van der Waals surface area contributed by atoms with Gasteiger partial charge in [-0.1, -0.05) is 41.5 Å². The van der Waals surface area contributed by atoms with Gasteiger partial charge in [-0.25, -0.2) is 14.4 Å². The van der Waals surface area contributed by atoms with Crippen molar-refractivity contribution in [3.63, 3.8) is 0 Å². The Morgan fingerprint density at radius 2 is 1.62 bits per heavy atom. The molecule has 1 aliphatic rings. The van der Waals surface area contributed by atoms with Crippen LogP contribution >= 0.6 is 0 Å². The van der Waals surface area contributed by atoms with Gasteiger partial charge in [0, 0.05) is 18.8 Å². The molecular formula is C30H28N4O6. The highest BCUT2D eigenvalue weighted by Gasteiger charge is 2.40. The summed E-state index contributed by atoms with van der Waals surface area (Å²) in [6, 6.07) is 19.2. The number of hydrogen-bond donors (Lipinski definition) is 1. The van der Waals surface area contributed by atoms with Crippen LogP contribution in [0.1, 0.15) is 44.5 Å². The predicted octanol–water partition coefficient (Wildman–Crippen LogP) is 3.87. The average molecular weight is 541 g/mol. The molecule has 10 heteroatoms. The minimum absolute atomic E-state index is 0.0314. The standard InChI is InChI=1S/C30H28N4O6/c1-18-6-10-20(11-7-18)28(35)38-17-25-24(40-29(36)21-12-8-19(2)9-13-21)15-26(39-25)34-16-22(27(31)33-30(34)37)23-5-3-4-14-32-23/h3-14,16,24-26H,15,17H2,1-2H3,(H2,31,33,37)/t24-,25+,26-/m0/s1. The maximum absolute atomic E-state index is 13.0. The van der Waals surface area contributed by atoms with Gasteiger partial charge in [0.25, 0.3) is 0 Å². The van der Waals surface area contributed by atoms with E-state index >= 15 is 0 Å². The fourth-order valence-electron chi connectivity index (χ4n) is 4.38. The maximum Gasteiger partial charge on any atom is 0.351 e. The van der Waals surface area contributed by atoms with Gasteiger partial charge in [0.15, 0.2) is 0 Å². The number of hydrogen-bond acceptors (Lipinski definition) is 9. The van der Waals surface area contributed by atoms with Gasteiger partial charge in [-0.2, -0.15) is 4.98 Å². The molecule has 5 rings (SSSR count). The molecule has 40 heavy (non-hydrogen) atoms. The number of aryl methyl sites for hydroxylation is 2. The Morgan fingerprint density at radius 3 is 2.25 bits per heavy atom. The topological polar surface area (TPSA) is 136 Å². The summed E-state index contributed by atoms with van der Waals surface area (Å²) in [5.74, 6) is -1.07. The molecule has 0 bridgehead atoms. The fourth-order valence-corrected chi connectivity index (χ4v) is 4.38. The van der Waals surface area contributed by atoms with Crippen LogP contribution in [-0.4, -0.2) is 45.3 Å². The van der Waals surface area contributed by atoms with Crippen molar-refractivity contribution in [2.75, 3.05) is 12.3 Å². The van der Waals surface area contributed by atoms with E-state index in [0.29, 0.717) is 22.4 Å². The molecular weight excluding hydrogens is 512 g/mol. The molecule has 0 spiro atoms. The first-order valence-electron chi connectivity index (χ1n) is 12.8. The van der Waals surface area contributed by atoms with E-state index in [0.717, 1.165) is 11.1 Å². The van der Waals surface area contributed by atoms with Crippen molar-refractivity contribution in [2.45, 2.75) is 38.7 Å². The van der Waals surface area contributed by atoms with E-state index in [-0.39, 0.29) is 18.8 Å². The second-order valence-electron chi connectivity index (χ2n) is 9.58. The molecule has 2 aromatic heterocycles. The first kappa shape index (κ1) is 26.8. The highest BCUT2D eigenvalue weighted by molar-refractivity contribution is 5.90. The molecule has 4 aromatic rings. The number of nitrogens with zero attached hydrogens (tertiary/aromatic N) is 3. The third kappa shape index (κ3) is 5.92. The zero-order valence-corrected chi connectivity index (χ0v) is 22.0. The first-order chi connectivity index (χ1) is 19.3. The van der Waals surface area contributed by atoms with Gasteiger partial charge < -0.3 is 19.9 Å². The van der Waals surface area contributed by atoms with Crippen LogP contribution in [0.2, 0.25) is 0 Å². The Bertz CT molecular complexity index is 1570. The van der Waals surface area contributed by atoms with Gasteiger partial charge in [-0.3, -0.25) is 9.55 Å².